The zero-order chi connectivity index (χ0) is 20.0. The van der Waals surface area contributed by atoms with Crippen LogP contribution >= 0.6 is 0 Å². The van der Waals surface area contributed by atoms with Crippen molar-refractivity contribution in [2.75, 3.05) is 19.6 Å². The monoisotopic (exact) mass is 379 g/mol. The zero-order valence-corrected chi connectivity index (χ0v) is 15.3. The Labute approximate surface area is 156 Å². The molecule has 148 valence electrons. The maximum atomic E-state index is 12.3. The Bertz CT molecular complexity index is 742. The maximum absolute atomic E-state index is 12.3. The van der Waals surface area contributed by atoms with E-state index in [0.29, 0.717) is 31.6 Å². The lowest BCUT2D eigenvalue weighted by Crippen LogP contribution is -2.63. The molecule has 0 aliphatic carbocycles. The molecule has 2 amide bonds. The van der Waals surface area contributed by atoms with E-state index in [0.717, 1.165) is 0 Å². The molecule has 0 spiro atoms. The maximum Gasteiger partial charge on any atom is 0.352 e. The third-order valence-electron chi connectivity index (χ3n) is 5.77. The van der Waals surface area contributed by atoms with Crippen molar-refractivity contribution in [1.82, 2.24) is 9.80 Å². The van der Waals surface area contributed by atoms with E-state index in [1.807, 2.05) is 11.8 Å². The molecule has 0 aromatic carbocycles. The van der Waals surface area contributed by atoms with Crippen molar-refractivity contribution >= 4 is 23.7 Å². The number of hydrogen-bond donors (Lipinski definition) is 4. The van der Waals surface area contributed by atoms with Gasteiger partial charge in [-0.05, 0) is 25.5 Å². The number of carbonyl (C=O) groups is 3. The lowest BCUT2D eigenvalue weighted by atomic mass is 9.77. The molecule has 10 heteroatoms. The summed E-state index contributed by atoms with van der Waals surface area (Å²) in [7, 11) is 0. The number of carboxylic acid groups (broad SMARTS) is 1. The summed E-state index contributed by atoms with van der Waals surface area (Å²) in [5.41, 5.74) is 11.2. The number of aliphatic carboxylic acids is 1. The van der Waals surface area contributed by atoms with E-state index in [4.69, 9.17) is 11.5 Å². The van der Waals surface area contributed by atoms with Gasteiger partial charge in [-0.15, -0.1) is 0 Å². The fraction of sp³-hybridized carbons (Fsp3) is 0.647. The summed E-state index contributed by atoms with van der Waals surface area (Å²) in [6, 6.07) is -0.333. The van der Waals surface area contributed by atoms with Crippen molar-refractivity contribution < 1.29 is 24.6 Å². The largest absolute Gasteiger partial charge is 0.477 e. The number of amides is 2. The molecule has 6 N–H and O–H groups in total. The molecule has 0 radical (unpaired) electrons. The van der Waals surface area contributed by atoms with Crippen LogP contribution < -0.4 is 11.5 Å². The highest BCUT2D eigenvalue weighted by Gasteiger charge is 2.59. The predicted molar refractivity (Wildman–Crippen MR) is 95.0 cm³/mol. The van der Waals surface area contributed by atoms with Gasteiger partial charge in [-0.2, -0.15) is 4.99 Å². The fourth-order valence-electron chi connectivity index (χ4n) is 4.49. The number of aliphatic hydroxyl groups is 1. The first-order valence-electron chi connectivity index (χ1n) is 8.96. The van der Waals surface area contributed by atoms with Crippen LogP contribution in [0.2, 0.25) is 0 Å². The van der Waals surface area contributed by atoms with Gasteiger partial charge in [0, 0.05) is 19.0 Å². The molecule has 3 aliphatic heterocycles. The molecule has 3 aliphatic rings. The summed E-state index contributed by atoms with van der Waals surface area (Å²) in [4.78, 5) is 43.0. The van der Waals surface area contributed by atoms with Crippen molar-refractivity contribution in [2.24, 2.45) is 34.2 Å². The van der Waals surface area contributed by atoms with Gasteiger partial charge in [0.25, 0.3) is 5.91 Å². The van der Waals surface area contributed by atoms with Crippen LogP contribution in [-0.2, 0) is 14.4 Å². The van der Waals surface area contributed by atoms with Gasteiger partial charge in [0.1, 0.15) is 5.70 Å². The van der Waals surface area contributed by atoms with Crippen LogP contribution in [0.4, 0.5) is 0 Å². The highest BCUT2D eigenvalue weighted by atomic mass is 16.4. The summed E-state index contributed by atoms with van der Waals surface area (Å²) in [6.07, 6.45) is -0.244. The second-order valence-electron chi connectivity index (χ2n) is 7.53. The van der Waals surface area contributed by atoms with Crippen molar-refractivity contribution in [2.45, 2.75) is 32.4 Å². The van der Waals surface area contributed by atoms with Gasteiger partial charge in [0.05, 0.1) is 24.0 Å². The van der Waals surface area contributed by atoms with Gasteiger partial charge in [0.15, 0.2) is 5.96 Å². The van der Waals surface area contributed by atoms with E-state index in [2.05, 4.69) is 4.99 Å². The van der Waals surface area contributed by atoms with Crippen molar-refractivity contribution in [3.05, 3.63) is 11.3 Å². The molecule has 2 saturated heterocycles. The standard InChI is InChI=1S/C17H25N5O5/c1-7-10(6-21-4-3-9(5-21)14(24)20-17(18)19)13(16(26)27)22-12(7)11(8(2)23)15(22)25/h7-9,11-12,23H,3-6H2,1-2H3,(H,26,27)(H4,18,19,20,24)/t7-,8+,9-,11?,12+/m0/s1. The molecular weight excluding hydrogens is 354 g/mol. The number of carboxylic acids is 1. The third kappa shape index (κ3) is 3.19. The second-order valence-corrected chi connectivity index (χ2v) is 7.53. The van der Waals surface area contributed by atoms with Gasteiger partial charge in [-0.3, -0.25) is 14.5 Å². The molecule has 27 heavy (non-hydrogen) atoms. The Hall–Kier alpha value is -2.46. The van der Waals surface area contributed by atoms with Crippen LogP contribution in [0.15, 0.2) is 16.3 Å². The Morgan fingerprint density at radius 2 is 2.04 bits per heavy atom. The van der Waals surface area contributed by atoms with Crippen LogP contribution in [0.1, 0.15) is 20.3 Å². The van der Waals surface area contributed by atoms with Crippen molar-refractivity contribution in [1.29, 1.82) is 0 Å². The van der Waals surface area contributed by atoms with Crippen LogP contribution in [-0.4, -0.2) is 75.5 Å². The van der Waals surface area contributed by atoms with Crippen LogP contribution in [0, 0.1) is 17.8 Å². The summed E-state index contributed by atoms with van der Waals surface area (Å²) < 4.78 is 0. The van der Waals surface area contributed by atoms with Gasteiger partial charge in [-0.1, -0.05) is 6.92 Å². The Morgan fingerprint density at radius 1 is 1.37 bits per heavy atom. The molecule has 0 saturated carbocycles. The lowest BCUT2D eigenvalue weighted by Gasteiger charge is -2.46. The first-order valence-corrected chi connectivity index (χ1v) is 8.96. The summed E-state index contributed by atoms with van der Waals surface area (Å²) in [6.45, 7) is 4.81. The van der Waals surface area contributed by atoms with Gasteiger partial charge in [-0.25, -0.2) is 4.79 Å². The molecule has 2 fully saturated rings. The van der Waals surface area contributed by atoms with Gasteiger partial charge >= 0.3 is 5.97 Å². The molecule has 3 rings (SSSR count). The molecule has 1 unspecified atom stereocenters. The lowest BCUT2D eigenvalue weighted by molar-refractivity contribution is -0.163. The number of β-lactam (4-membered cyclic amide) rings is 1. The number of hydrogen-bond acceptors (Lipinski definition) is 5. The van der Waals surface area contributed by atoms with E-state index in [1.165, 1.54) is 4.90 Å². The predicted octanol–water partition coefficient (Wildman–Crippen LogP) is -1.70. The molecule has 0 aromatic rings. The van der Waals surface area contributed by atoms with Gasteiger partial charge < -0.3 is 26.6 Å². The zero-order valence-electron chi connectivity index (χ0n) is 15.3. The SMILES string of the molecule is C[C@@H](O)C1C(=O)N2C(C(=O)O)=C(CN3CC[C@H](C(=O)N=C(N)N)C3)[C@H](C)[C@H]12. The van der Waals surface area contributed by atoms with Crippen LogP contribution in [0.3, 0.4) is 0 Å². The van der Waals surface area contributed by atoms with Crippen LogP contribution in [0.25, 0.3) is 0 Å². The van der Waals surface area contributed by atoms with Crippen molar-refractivity contribution in [3.63, 3.8) is 0 Å². The smallest absolute Gasteiger partial charge is 0.352 e. The number of nitrogens with two attached hydrogens (primary N) is 2. The number of nitrogens with zero attached hydrogens (tertiary/aromatic N) is 3. The number of aliphatic hydroxyl groups excluding tert-OH is 1. The Balaban J connectivity index is 1.77. The van der Waals surface area contributed by atoms with E-state index in [9.17, 15) is 24.6 Å². The Morgan fingerprint density at radius 3 is 2.59 bits per heavy atom. The molecule has 0 aromatic heterocycles. The number of guanidine groups is 1. The fourth-order valence-corrected chi connectivity index (χ4v) is 4.49. The minimum absolute atomic E-state index is 0.00778. The first kappa shape index (κ1) is 19.3. The Kier molecular flexibility index (Phi) is 4.96. The molecule has 5 atom stereocenters. The van der Waals surface area contributed by atoms with Gasteiger partial charge in [0.2, 0.25) is 5.91 Å². The second kappa shape index (κ2) is 6.93. The van der Waals surface area contributed by atoms with E-state index < -0.39 is 18.0 Å². The number of likely N-dealkylation sites (tertiary alicyclic amines) is 1. The van der Waals surface area contributed by atoms with Crippen molar-refractivity contribution in [3.8, 4) is 0 Å². The first-order chi connectivity index (χ1) is 12.6. The van der Waals surface area contributed by atoms with Crippen LogP contribution in [0.5, 0.6) is 0 Å². The number of aliphatic imine (C=N–C) groups is 1. The summed E-state index contributed by atoms with van der Waals surface area (Å²) in [5.74, 6) is -3.24. The number of rotatable bonds is 5. The van der Waals surface area contributed by atoms with E-state index >= 15 is 0 Å². The normalized spacial score (nSPS) is 31.5. The average Bonchev–Trinajstić information content (AvgIpc) is 3.10. The summed E-state index contributed by atoms with van der Waals surface area (Å²) in [5, 5.41) is 19.5. The molecular formula is C17H25N5O5. The third-order valence-corrected chi connectivity index (χ3v) is 5.77. The van der Waals surface area contributed by atoms with E-state index in [-0.39, 0.29) is 41.3 Å². The molecule has 10 nitrogen and oxygen atoms in total. The minimum Gasteiger partial charge on any atom is -0.477 e. The summed E-state index contributed by atoms with van der Waals surface area (Å²) >= 11 is 0. The highest BCUT2D eigenvalue weighted by Crippen LogP contribution is 2.47. The van der Waals surface area contributed by atoms with E-state index in [1.54, 1.807) is 6.92 Å². The number of fused-ring (bicyclic) bond motifs is 1. The molecule has 3 heterocycles. The molecule has 0 bridgehead atoms. The topological polar surface area (TPSA) is 163 Å². The minimum atomic E-state index is -1.15. The number of carbonyl (C=O) groups excluding carboxylic acids is 2. The quantitative estimate of drug-likeness (QED) is 0.250. The highest BCUT2D eigenvalue weighted by molar-refractivity contribution is 6.00. The average molecular weight is 379 g/mol.